The van der Waals surface area contributed by atoms with Gasteiger partial charge in [0, 0.05) is 6.54 Å². The molecule has 1 aromatic rings. The quantitative estimate of drug-likeness (QED) is 0.764. The van der Waals surface area contributed by atoms with Crippen molar-refractivity contribution >= 4 is 11.4 Å². The Morgan fingerprint density at radius 3 is 2.89 bits per heavy atom. The molecule has 2 unspecified atom stereocenters. The highest BCUT2D eigenvalue weighted by Gasteiger charge is 2.34. The van der Waals surface area contributed by atoms with Crippen LogP contribution in [0.25, 0.3) is 0 Å². The maximum absolute atomic E-state index is 9.79. The van der Waals surface area contributed by atoms with Gasteiger partial charge in [-0.2, -0.15) is 0 Å². The van der Waals surface area contributed by atoms with Crippen molar-refractivity contribution < 1.29 is 5.11 Å². The molecule has 19 heavy (non-hydrogen) atoms. The van der Waals surface area contributed by atoms with Crippen molar-refractivity contribution in [3.8, 4) is 0 Å². The number of nitrogens with one attached hydrogen (secondary N) is 2. The topological polar surface area (TPSA) is 57.2 Å². The van der Waals surface area contributed by atoms with Gasteiger partial charge >= 0.3 is 0 Å². The number of aliphatic hydroxyl groups is 1. The number of aliphatic hydroxyl groups excluding tert-OH is 1. The maximum atomic E-state index is 9.79. The number of anilines is 2. The van der Waals surface area contributed by atoms with Crippen LogP contribution in [0.1, 0.15) is 39.5 Å². The Morgan fingerprint density at radius 2 is 2.21 bits per heavy atom. The highest BCUT2D eigenvalue weighted by Crippen LogP contribution is 2.34. The van der Waals surface area contributed by atoms with Crippen LogP contribution in [0.5, 0.6) is 0 Å². The fourth-order valence-electron chi connectivity index (χ4n) is 3.07. The molecular weight excluding hydrogens is 238 g/mol. The lowest BCUT2D eigenvalue weighted by molar-refractivity contribution is 0.149. The van der Waals surface area contributed by atoms with Crippen molar-refractivity contribution in [2.45, 2.75) is 45.1 Å². The second-order valence-electron chi connectivity index (χ2n) is 5.76. The summed E-state index contributed by atoms with van der Waals surface area (Å²) in [5.74, 6) is 0.665. The van der Waals surface area contributed by atoms with Crippen molar-refractivity contribution in [1.29, 1.82) is 0 Å². The SMILES string of the molecule is CCNc1cncc(NC2(CO)CCCC(C)C2)c1. The van der Waals surface area contributed by atoms with Crippen LogP contribution >= 0.6 is 0 Å². The smallest absolute Gasteiger partial charge is 0.0661 e. The highest BCUT2D eigenvalue weighted by atomic mass is 16.3. The second-order valence-corrected chi connectivity index (χ2v) is 5.76. The van der Waals surface area contributed by atoms with Gasteiger partial charge in [-0.05, 0) is 31.7 Å². The van der Waals surface area contributed by atoms with Gasteiger partial charge in [0.1, 0.15) is 0 Å². The maximum Gasteiger partial charge on any atom is 0.0661 e. The summed E-state index contributed by atoms with van der Waals surface area (Å²) in [6.45, 7) is 5.40. The molecular formula is C15H25N3O. The summed E-state index contributed by atoms with van der Waals surface area (Å²) in [6, 6.07) is 2.06. The van der Waals surface area contributed by atoms with Gasteiger partial charge in [0.05, 0.1) is 35.9 Å². The molecule has 1 aliphatic carbocycles. The molecule has 1 aliphatic rings. The first-order valence-corrected chi connectivity index (χ1v) is 7.25. The van der Waals surface area contributed by atoms with Crippen LogP contribution in [0.15, 0.2) is 18.5 Å². The van der Waals surface area contributed by atoms with E-state index < -0.39 is 0 Å². The van der Waals surface area contributed by atoms with Gasteiger partial charge in [0.25, 0.3) is 0 Å². The van der Waals surface area contributed by atoms with Crippen LogP contribution in [-0.2, 0) is 0 Å². The zero-order valence-electron chi connectivity index (χ0n) is 11.9. The molecule has 1 heterocycles. The van der Waals surface area contributed by atoms with E-state index in [-0.39, 0.29) is 12.1 Å². The van der Waals surface area contributed by atoms with E-state index >= 15 is 0 Å². The number of aromatic nitrogens is 1. The summed E-state index contributed by atoms with van der Waals surface area (Å²) in [5.41, 5.74) is 1.83. The zero-order chi connectivity index (χ0) is 13.7. The molecule has 0 saturated heterocycles. The van der Waals surface area contributed by atoms with Crippen molar-refractivity contribution in [2.24, 2.45) is 5.92 Å². The Kier molecular flexibility index (Phi) is 4.64. The molecule has 0 aliphatic heterocycles. The first-order chi connectivity index (χ1) is 9.17. The van der Waals surface area contributed by atoms with Crippen LogP contribution in [0.2, 0.25) is 0 Å². The van der Waals surface area contributed by atoms with E-state index in [0.717, 1.165) is 30.8 Å². The lowest BCUT2D eigenvalue weighted by Crippen LogP contribution is -2.45. The highest BCUT2D eigenvalue weighted by molar-refractivity contribution is 5.55. The minimum atomic E-state index is -0.176. The molecule has 106 valence electrons. The molecule has 2 rings (SSSR count). The Morgan fingerprint density at radius 1 is 1.42 bits per heavy atom. The van der Waals surface area contributed by atoms with Gasteiger partial charge in [-0.1, -0.05) is 19.8 Å². The van der Waals surface area contributed by atoms with E-state index in [1.807, 2.05) is 12.4 Å². The number of hydrogen-bond acceptors (Lipinski definition) is 4. The second kappa shape index (κ2) is 6.24. The standard InChI is InChI=1S/C15H25N3O/c1-3-17-13-7-14(10-16-9-13)18-15(11-19)6-4-5-12(2)8-15/h7,9-10,12,17-19H,3-6,8,11H2,1-2H3. The van der Waals surface area contributed by atoms with Gasteiger partial charge in [0.15, 0.2) is 0 Å². The van der Waals surface area contributed by atoms with Crippen molar-refractivity contribution in [3.05, 3.63) is 18.5 Å². The Hall–Kier alpha value is -1.29. The van der Waals surface area contributed by atoms with Crippen LogP contribution < -0.4 is 10.6 Å². The predicted molar refractivity (Wildman–Crippen MR) is 79.5 cm³/mol. The molecule has 0 bridgehead atoms. The van der Waals surface area contributed by atoms with E-state index in [4.69, 9.17) is 0 Å². The van der Waals surface area contributed by atoms with Crippen molar-refractivity contribution in [3.63, 3.8) is 0 Å². The van der Waals surface area contributed by atoms with Gasteiger partial charge in [-0.25, -0.2) is 0 Å². The number of pyridine rings is 1. The molecule has 0 radical (unpaired) electrons. The third kappa shape index (κ3) is 3.60. The molecule has 0 aromatic carbocycles. The minimum Gasteiger partial charge on any atom is -0.394 e. The Labute approximate surface area is 115 Å². The average Bonchev–Trinajstić information content (AvgIpc) is 2.39. The summed E-state index contributed by atoms with van der Waals surface area (Å²) < 4.78 is 0. The van der Waals surface area contributed by atoms with Crippen LogP contribution in [0.3, 0.4) is 0 Å². The summed E-state index contributed by atoms with van der Waals surface area (Å²) in [4.78, 5) is 4.25. The van der Waals surface area contributed by atoms with Gasteiger partial charge < -0.3 is 15.7 Å². The van der Waals surface area contributed by atoms with Gasteiger partial charge in [-0.3, -0.25) is 4.98 Å². The third-order valence-corrected chi connectivity index (χ3v) is 3.92. The van der Waals surface area contributed by atoms with Gasteiger partial charge in [-0.15, -0.1) is 0 Å². The molecule has 0 amide bonds. The Balaban J connectivity index is 2.11. The van der Waals surface area contributed by atoms with E-state index in [2.05, 4.69) is 35.5 Å². The zero-order valence-corrected chi connectivity index (χ0v) is 11.9. The summed E-state index contributed by atoms with van der Waals surface area (Å²) >= 11 is 0. The van der Waals surface area contributed by atoms with E-state index in [1.165, 1.54) is 12.8 Å². The lowest BCUT2D eigenvalue weighted by atomic mass is 9.76. The van der Waals surface area contributed by atoms with Crippen LogP contribution in [-0.4, -0.2) is 28.8 Å². The van der Waals surface area contributed by atoms with Crippen molar-refractivity contribution in [2.75, 3.05) is 23.8 Å². The van der Waals surface area contributed by atoms with E-state index in [0.29, 0.717) is 5.92 Å². The molecule has 4 nitrogen and oxygen atoms in total. The number of hydrogen-bond donors (Lipinski definition) is 3. The van der Waals surface area contributed by atoms with E-state index in [1.54, 1.807) is 0 Å². The van der Waals surface area contributed by atoms with E-state index in [9.17, 15) is 5.11 Å². The normalized spacial score (nSPS) is 27.0. The first kappa shape index (κ1) is 14.1. The first-order valence-electron chi connectivity index (χ1n) is 7.25. The number of rotatable bonds is 5. The fraction of sp³-hybridized carbons (Fsp3) is 0.667. The monoisotopic (exact) mass is 263 g/mol. The predicted octanol–water partition coefficient (Wildman–Crippen LogP) is 2.87. The summed E-state index contributed by atoms with van der Waals surface area (Å²) in [5, 5.41) is 16.6. The molecule has 3 N–H and O–H groups in total. The molecule has 4 heteroatoms. The fourth-order valence-corrected chi connectivity index (χ4v) is 3.07. The third-order valence-electron chi connectivity index (χ3n) is 3.92. The largest absolute Gasteiger partial charge is 0.394 e. The molecule has 2 atom stereocenters. The Bertz CT molecular complexity index is 410. The average molecular weight is 263 g/mol. The molecule has 1 saturated carbocycles. The lowest BCUT2D eigenvalue weighted by Gasteiger charge is -2.40. The number of nitrogens with zero attached hydrogens (tertiary/aromatic N) is 1. The summed E-state index contributed by atoms with van der Waals surface area (Å²) in [6.07, 6.45) is 8.14. The van der Waals surface area contributed by atoms with Crippen LogP contribution in [0, 0.1) is 5.92 Å². The van der Waals surface area contributed by atoms with Gasteiger partial charge in [0.2, 0.25) is 0 Å². The molecule has 1 fully saturated rings. The molecule has 1 aromatic heterocycles. The van der Waals surface area contributed by atoms with Crippen molar-refractivity contribution in [1.82, 2.24) is 4.98 Å². The minimum absolute atomic E-state index is 0.176. The molecule has 0 spiro atoms. The van der Waals surface area contributed by atoms with Crippen LogP contribution in [0.4, 0.5) is 11.4 Å². The summed E-state index contributed by atoms with van der Waals surface area (Å²) in [7, 11) is 0.